The molecule has 0 aromatic rings. The third kappa shape index (κ3) is 25.9. The van der Waals surface area contributed by atoms with Crippen LogP contribution in [0.4, 0.5) is 0 Å². The van der Waals surface area contributed by atoms with Crippen molar-refractivity contribution in [1.29, 1.82) is 0 Å². The molecule has 0 aromatic carbocycles. The van der Waals surface area contributed by atoms with Gasteiger partial charge in [0.2, 0.25) is 0 Å². The maximum absolute atomic E-state index is 10.3. The molecule has 0 bridgehead atoms. The maximum Gasteiger partial charge on any atom is 0.305 e. The summed E-state index contributed by atoms with van der Waals surface area (Å²) in [6.45, 7) is 5.54. The van der Waals surface area contributed by atoms with Crippen LogP contribution in [0.25, 0.3) is 0 Å². The van der Waals surface area contributed by atoms with E-state index in [1.165, 1.54) is 70.6 Å². The SMILES string of the molecule is CC(C)C(=O)O.CCCCCCCCCCCCCCCC(=O)O. The molecule has 0 radical (unpaired) electrons. The largest absolute Gasteiger partial charge is 0.481 e. The summed E-state index contributed by atoms with van der Waals surface area (Å²) in [5, 5.41) is 16.5. The number of carbonyl (C=O) groups is 2. The first kappa shape index (κ1) is 25.2. The highest BCUT2D eigenvalue weighted by Crippen LogP contribution is 2.12. The van der Waals surface area contributed by atoms with Gasteiger partial charge in [-0.15, -0.1) is 0 Å². The number of carboxylic acid groups (broad SMARTS) is 2. The Kier molecular flexibility index (Phi) is 21.0. The third-order valence-electron chi connectivity index (χ3n) is 3.99. The lowest BCUT2D eigenvalue weighted by Gasteiger charge is -2.02. The van der Waals surface area contributed by atoms with Gasteiger partial charge in [-0.2, -0.15) is 0 Å². The van der Waals surface area contributed by atoms with E-state index in [4.69, 9.17) is 10.2 Å². The van der Waals surface area contributed by atoms with Gasteiger partial charge in [-0.25, -0.2) is 0 Å². The van der Waals surface area contributed by atoms with Gasteiger partial charge in [0.25, 0.3) is 0 Å². The average Bonchev–Trinajstić information content (AvgIpc) is 2.52. The molecule has 144 valence electrons. The van der Waals surface area contributed by atoms with E-state index >= 15 is 0 Å². The van der Waals surface area contributed by atoms with E-state index in [2.05, 4.69) is 6.92 Å². The van der Waals surface area contributed by atoms with Gasteiger partial charge in [0.15, 0.2) is 0 Å². The smallest absolute Gasteiger partial charge is 0.305 e. The van der Waals surface area contributed by atoms with E-state index in [1.54, 1.807) is 13.8 Å². The molecule has 0 spiro atoms. The van der Waals surface area contributed by atoms with Gasteiger partial charge in [-0.1, -0.05) is 97.8 Å². The summed E-state index contributed by atoms with van der Waals surface area (Å²) in [5.41, 5.74) is 0. The molecule has 0 atom stereocenters. The Morgan fingerprint density at radius 1 is 0.667 bits per heavy atom. The van der Waals surface area contributed by atoms with E-state index in [9.17, 15) is 9.59 Å². The minimum absolute atomic E-state index is 0.231. The van der Waals surface area contributed by atoms with E-state index in [0.29, 0.717) is 6.42 Å². The van der Waals surface area contributed by atoms with Crippen molar-refractivity contribution >= 4 is 11.9 Å². The number of carboxylic acids is 2. The van der Waals surface area contributed by atoms with Gasteiger partial charge in [-0.05, 0) is 6.42 Å². The lowest BCUT2D eigenvalue weighted by molar-refractivity contribution is -0.140. The summed E-state index contributed by atoms with van der Waals surface area (Å²) in [4.78, 5) is 20.0. The second-order valence-corrected chi connectivity index (χ2v) is 6.88. The number of unbranched alkanes of at least 4 members (excludes halogenated alkanes) is 12. The Morgan fingerprint density at radius 3 is 1.21 bits per heavy atom. The van der Waals surface area contributed by atoms with E-state index < -0.39 is 11.9 Å². The fourth-order valence-electron chi connectivity index (χ4n) is 2.29. The molecule has 0 amide bonds. The molecule has 4 nitrogen and oxygen atoms in total. The molecule has 0 unspecified atom stereocenters. The van der Waals surface area contributed by atoms with Crippen LogP contribution < -0.4 is 0 Å². The molecule has 2 N–H and O–H groups in total. The second-order valence-electron chi connectivity index (χ2n) is 6.88. The highest BCUT2D eigenvalue weighted by Gasteiger charge is 1.99. The fraction of sp³-hybridized carbons (Fsp3) is 0.900. The zero-order valence-corrected chi connectivity index (χ0v) is 16.2. The average molecular weight is 345 g/mol. The Bertz CT molecular complexity index is 287. The number of rotatable bonds is 15. The van der Waals surface area contributed by atoms with Crippen molar-refractivity contribution in [1.82, 2.24) is 0 Å². The first-order valence-electron chi connectivity index (χ1n) is 9.86. The molecule has 4 heteroatoms. The van der Waals surface area contributed by atoms with Crippen molar-refractivity contribution < 1.29 is 19.8 Å². The Morgan fingerprint density at radius 2 is 0.958 bits per heavy atom. The summed E-state index contributed by atoms with van der Waals surface area (Å²) >= 11 is 0. The van der Waals surface area contributed by atoms with Crippen LogP contribution in [0.15, 0.2) is 0 Å². The van der Waals surface area contributed by atoms with Gasteiger partial charge in [0.05, 0.1) is 5.92 Å². The van der Waals surface area contributed by atoms with Crippen molar-refractivity contribution in [2.45, 2.75) is 111 Å². The molecular formula is C20H40O4. The minimum Gasteiger partial charge on any atom is -0.481 e. The number of hydrogen-bond acceptors (Lipinski definition) is 2. The van der Waals surface area contributed by atoms with E-state index in [-0.39, 0.29) is 5.92 Å². The van der Waals surface area contributed by atoms with Crippen LogP contribution >= 0.6 is 0 Å². The highest BCUT2D eigenvalue weighted by atomic mass is 16.4. The topological polar surface area (TPSA) is 74.6 Å². The predicted molar refractivity (Wildman–Crippen MR) is 100 cm³/mol. The first-order valence-corrected chi connectivity index (χ1v) is 9.86. The van der Waals surface area contributed by atoms with Crippen molar-refractivity contribution in [3.63, 3.8) is 0 Å². The van der Waals surface area contributed by atoms with Crippen LogP contribution in [0.3, 0.4) is 0 Å². The van der Waals surface area contributed by atoms with Crippen LogP contribution in [-0.4, -0.2) is 22.2 Å². The molecule has 24 heavy (non-hydrogen) atoms. The number of aliphatic carboxylic acids is 2. The predicted octanol–water partition coefficient (Wildman–Crippen LogP) is 6.28. The second kappa shape index (κ2) is 20.0. The van der Waals surface area contributed by atoms with Crippen LogP contribution in [0.1, 0.15) is 111 Å². The highest BCUT2D eigenvalue weighted by molar-refractivity contribution is 5.68. The van der Waals surface area contributed by atoms with Crippen molar-refractivity contribution in [2.75, 3.05) is 0 Å². The Labute approximate surface area is 149 Å². The zero-order chi connectivity index (χ0) is 18.6. The monoisotopic (exact) mass is 344 g/mol. The van der Waals surface area contributed by atoms with Gasteiger partial charge in [-0.3, -0.25) is 9.59 Å². The van der Waals surface area contributed by atoms with Crippen LogP contribution in [0, 0.1) is 5.92 Å². The van der Waals surface area contributed by atoms with E-state index in [0.717, 1.165) is 12.8 Å². The van der Waals surface area contributed by atoms with Gasteiger partial charge >= 0.3 is 11.9 Å². The summed E-state index contributed by atoms with van der Waals surface area (Å²) in [5.74, 6) is -1.63. The summed E-state index contributed by atoms with van der Waals surface area (Å²) in [6, 6.07) is 0. The van der Waals surface area contributed by atoms with Gasteiger partial charge in [0, 0.05) is 6.42 Å². The zero-order valence-electron chi connectivity index (χ0n) is 16.2. The molecule has 0 fully saturated rings. The van der Waals surface area contributed by atoms with Crippen LogP contribution in [0.2, 0.25) is 0 Å². The Hall–Kier alpha value is -1.06. The maximum atomic E-state index is 10.3. The van der Waals surface area contributed by atoms with Crippen molar-refractivity contribution in [3.8, 4) is 0 Å². The van der Waals surface area contributed by atoms with Gasteiger partial charge < -0.3 is 10.2 Å². The standard InChI is InChI=1S/C16H32O2.C4H8O2/c1-2-3-4-5-6-7-8-9-10-11-12-13-14-15-16(17)18;1-3(2)4(5)6/h2-15H2,1H3,(H,17,18);3H,1-2H3,(H,5,6). The number of hydrogen-bond donors (Lipinski definition) is 2. The normalized spacial score (nSPS) is 10.3. The molecule has 0 saturated carbocycles. The molecule has 0 heterocycles. The summed E-state index contributed by atoms with van der Waals surface area (Å²) in [6.07, 6.45) is 17.3. The molecule has 0 saturated heterocycles. The molecule has 0 aliphatic rings. The van der Waals surface area contributed by atoms with Gasteiger partial charge in [0.1, 0.15) is 0 Å². The molecular weight excluding hydrogens is 304 g/mol. The lowest BCUT2D eigenvalue weighted by atomic mass is 10.0. The third-order valence-corrected chi connectivity index (χ3v) is 3.99. The quantitative estimate of drug-likeness (QED) is 0.343. The van der Waals surface area contributed by atoms with Crippen LogP contribution in [-0.2, 0) is 9.59 Å². The fourth-order valence-corrected chi connectivity index (χ4v) is 2.29. The van der Waals surface area contributed by atoms with Crippen LogP contribution in [0.5, 0.6) is 0 Å². The molecule has 0 aliphatic heterocycles. The first-order chi connectivity index (χ1) is 11.4. The Balaban J connectivity index is 0. The molecule has 0 aromatic heterocycles. The molecule has 0 rings (SSSR count). The summed E-state index contributed by atoms with van der Waals surface area (Å²) in [7, 11) is 0. The van der Waals surface area contributed by atoms with Crippen molar-refractivity contribution in [3.05, 3.63) is 0 Å². The van der Waals surface area contributed by atoms with E-state index in [1.807, 2.05) is 0 Å². The summed E-state index contributed by atoms with van der Waals surface area (Å²) < 4.78 is 0. The molecule has 0 aliphatic carbocycles. The van der Waals surface area contributed by atoms with Crippen molar-refractivity contribution in [2.24, 2.45) is 5.92 Å². The lowest BCUT2D eigenvalue weighted by Crippen LogP contribution is -2.03. The minimum atomic E-state index is -0.741.